The van der Waals surface area contributed by atoms with Crippen LogP contribution < -0.4 is 5.32 Å². The fourth-order valence-corrected chi connectivity index (χ4v) is 2.32. The second-order valence-electron chi connectivity index (χ2n) is 4.52. The highest BCUT2D eigenvalue weighted by molar-refractivity contribution is 5.46. The van der Waals surface area contributed by atoms with Crippen LogP contribution in [0.15, 0.2) is 12.1 Å². The number of hydrogen-bond donors (Lipinski definition) is 1. The van der Waals surface area contributed by atoms with Crippen LogP contribution in [-0.2, 0) is 0 Å². The summed E-state index contributed by atoms with van der Waals surface area (Å²) >= 11 is 0. The van der Waals surface area contributed by atoms with Crippen molar-refractivity contribution in [1.82, 2.24) is 0 Å². The molecule has 1 aliphatic rings. The molecule has 1 saturated carbocycles. The van der Waals surface area contributed by atoms with Crippen molar-refractivity contribution >= 4 is 5.69 Å². The summed E-state index contributed by atoms with van der Waals surface area (Å²) in [6.07, 6.45) is 3.31. The van der Waals surface area contributed by atoms with E-state index in [4.69, 9.17) is 5.26 Å². The number of nitriles is 1. The first-order valence-electron chi connectivity index (χ1n) is 5.92. The topological polar surface area (TPSA) is 35.8 Å². The van der Waals surface area contributed by atoms with E-state index in [2.05, 4.69) is 11.4 Å². The molecule has 0 aliphatic heterocycles. The molecule has 1 aliphatic carbocycles. The van der Waals surface area contributed by atoms with Crippen molar-refractivity contribution in [2.75, 3.05) is 5.32 Å². The van der Waals surface area contributed by atoms with Crippen LogP contribution in [0.25, 0.3) is 0 Å². The summed E-state index contributed by atoms with van der Waals surface area (Å²) < 4.78 is 39.6. The highest BCUT2D eigenvalue weighted by atomic mass is 19.2. The molecule has 2 unspecified atom stereocenters. The van der Waals surface area contributed by atoms with E-state index < -0.39 is 17.5 Å². The molecular weight excluding hydrogens is 241 g/mol. The van der Waals surface area contributed by atoms with Gasteiger partial charge in [0.1, 0.15) is 5.82 Å². The first-order valence-corrected chi connectivity index (χ1v) is 5.92. The highest BCUT2D eigenvalue weighted by Crippen LogP contribution is 2.28. The maximum Gasteiger partial charge on any atom is 0.182 e. The summed E-state index contributed by atoms with van der Waals surface area (Å²) in [5.74, 6) is -3.40. The molecule has 0 aromatic heterocycles. The summed E-state index contributed by atoms with van der Waals surface area (Å²) in [5, 5.41) is 11.7. The number of halogens is 3. The van der Waals surface area contributed by atoms with Gasteiger partial charge in [0.2, 0.25) is 0 Å². The number of anilines is 1. The average molecular weight is 254 g/mol. The number of hydrogen-bond acceptors (Lipinski definition) is 2. The zero-order valence-electron chi connectivity index (χ0n) is 9.72. The van der Waals surface area contributed by atoms with Gasteiger partial charge < -0.3 is 5.32 Å². The largest absolute Gasteiger partial charge is 0.378 e. The lowest BCUT2D eigenvalue weighted by Crippen LogP contribution is -2.31. The van der Waals surface area contributed by atoms with Gasteiger partial charge in [0.25, 0.3) is 0 Å². The molecule has 5 heteroatoms. The van der Waals surface area contributed by atoms with Gasteiger partial charge >= 0.3 is 0 Å². The molecule has 0 saturated heterocycles. The Morgan fingerprint density at radius 1 is 1.17 bits per heavy atom. The molecule has 96 valence electrons. The molecular formula is C13H13F3N2. The molecule has 0 amide bonds. The van der Waals surface area contributed by atoms with Crippen LogP contribution in [0.2, 0.25) is 0 Å². The molecule has 1 aromatic rings. The van der Waals surface area contributed by atoms with Crippen molar-refractivity contribution in [3.63, 3.8) is 0 Å². The Hall–Kier alpha value is -1.70. The number of nitrogens with zero attached hydrogens (tertiary/aromatic N) is 1. The van der Waals surface area contributed by atoms with Gasteiger partial charge in [-0.15, -0.1) is 0 Å². The van der Waals surface area contributed by atoms with Crippen molar-refractivity contribution in [2.45, 2.75) is 31.7 Å². The smallest absolute Gasteiger partial charge is 0.182 e. The van der Waals surface area contributed by atoms with Crippen LogP contribution in [0.1, 0.15) is 25.7 Å². The van der Waals surface area contributed by atoms with Gasteiger partial charge in [-0.05, 0) is 12.8 Å². The van der Waals surface area contributed by atoms with E-state index >= 15 is 0 Å². The lowest BCUT2D eigenvalue weighted by Gasteiger charge is -2.28. The second kappa shape index (κ2) is 5.30. The minimum atomic E-state index is -1.22. The van der Waals surface area contributed by atoms with E-state index in [0.717, 1.165) is 25.3 Å². The van der Waals surface area contributed by atoms with Crippen molar-refractivity contribution in [2.24, 2.45) is 5.92 Å². The minimum absolute atomic E-state index is 0.209. The molecule has 0 heterocycles. The van der Waals surface area contributed by atoms with E-state index in [-0.39, 0.29) is 17.6 Å². The minimum Gasteiger partial charge on any atom is -0.378 e. The second-order valence-corrected chi connectivity index (χ2v) is 4.52. The van der Waals surface area contributed by atoms with Gasteiger partial charge in [0, 0.05) is 18.2 Å². The Morgan fingerprint density at radius 3 is 2.61 bits per heavy atom. The molecule has 18 heavy (non-hydrogen) atoms. The van der Waals surface area contributed by atoms with Crippen molar-refractivity contribution in [1.29, 1.82) is 5.26 Å². The van der Waals surface area contributed by atoms with Gasteiger partial charge in [-0.3, -0.25) is 0 Å². The first kappa shape index (κ1) is 12.7. The molecule has 2 atom stereocenters. The molecule has 2 nitrogen and oxygen atoms in total. The van der Waals surface area contributed by atoms with Crippen LogP contribution in [0, 0.1) is 34.7 Å². The molecule has 2 rings (SSSR count). The molecule has 1 fully saturated rings. The zero-order valence-corrected chi connectivity index (χ0v) is 9.72. The average Bonchev–Trinajstić information content (AvgIpc) is 2.36. The normalized spacial score (nSPS) is 23.4. The highest BCUT2D eigenvalue weighted by Gasteiger charge is 2.26. The van der Waals surface area contributed by atoms with Gasteiger partial charge in [-0.2, -0.15) is 5.26 Å². The molecule has 0 radical (unpaired) electrons. The maximum absolute atomic E-state index is 13.5. The van der Waals surface area contributed by atoms with Crippen LogP contribution in [0.4, 0.5) is 18.9 Å². The van der Waals surface area contributed by atoms with E-state index in [1.54, 1.807) is 0 Å². The van der Waals surface area contributed by atoms with Crippen LogP contribution in [-0.4, -0.2) is 6.04 Å². The van der Waals surface area contributed by atoms with Gasteiger partial charge in [-0.1, -0.05) is 12.8 Å². The summed E-state index contributed by atoms with van der Waals surface area (Å²) in [6.45, 7) is 0. The van der Waals surface area contributed by atoms with E-state index in [9.17, 15) is 13.2 Å². The first-order chi connectivity index (χ1) is 8.61. The lowest BCUT2D eigenvalue weighted by atomic mass is 9.85. The third-order valence-electron chi connectivity index (χ3n) is 3.27. The predicted octanol–water partition coefficient (Wildman–Crippen LogP) is 3.60. The standard InChI is InChI=1S/C13H13F3N2/c14-9-5-10(15)13(16)12(6-9)18-11-4-2-1-3-8(11)7-17/h5-6,8,11,18H,1-4H2. The van der Waals surface area contributed by atoms with E-state index in [0.29, 0.717) is 12.5 Å². The van der Waals surface area contributed by atoms with E-state index in [1.807, 2.05) is 0 Å². The van der Waals surface area contributed by atoms with Crippen LogP contribution in [0.5, 0.6) is 0 Å². The molecule has 0 bridgehead atoms. The summed E-state index contributed by atoms with van der Waals surface area (Å²) in [4.78, 5) is 0. The van der Waals surface area contributed by atoms with Crippen molar-refractivity contribution in [3.05, 3.63) is 29.6 Å². The van der Waals surface area contributed by atoms with Crippen molar-refractivity contribution in [3.8, 4) is 6.07 Å². The number of nitrogens with one attached hydrogen (secondary N) is 1. The monoisotopic (exact) mass is 254 g/mol. The third kappa shape index (κ3) is 2.58. The van der Waals surface area contributed by atoms with Crippen LogP contribution >= 0.6 is 0 Å². The fraction of sp³-hybridized carbons (Fsp3) is 0.462. The fourth-order valence-electron chi connectivity index (χ4n) is 2.32. The Bertz CT molecular complexity index is 482. The molecule has 0 spiro atoms. The Labute approximate surface area is 103 Å². The third-order valence-corrected chi connectivity index (χ3v) is 3.27. The lowest BCUT2D eigenvalue weighted by molar-refractivity contribution is 0.386. The Morgan fingerprint density at radius 2 is 1.89 bits per heavy atom. The SMILES string of the molecule is N#CC1CCCCC1Nc1cc(F)cc(F)c1F. The van der Waals surface area contributed by atoms with Gasteiger partial charge in [-0.25, -0.2) is 13.2 Å². The zero-order chi connectivity index (χ0) is 13.1. The molecule has 1 N–H and O–H groups in total. The Kier molecular flexibility index (Phi) is 3.75. The van der Waals surface area contributed by atoms with Gasteiger partial charge in [0.15, 0.2) is 11.6 Å². The quantitative estimate of drug-likeness (QED) is 0.818. The van der Waals surface area contributed by atoms with Crippen LogP contribution in [0.3, 0.4) is 0 Å². The Balaban J connectivity index is 2.20. The summed E-state index contributed by atoms with van der Waals surface area (Å²) in [6, 6.07) is 3.32. The van der Waals surface area contributed by atoms with Crippen molar-refractivity contribution < 1.29 is 13.2 Å². The number of rotatable bonds is 2. The predicted molar refractivity (Wildman–Crippen MR) is 61.3 cm³/mol. The summed E-state index contributed by atoms with van der Waals surface area (Å²) in [7, 11) is 0. The van der Waals surface area contributed by atoms with E-state index in [1.165, 1.54) is 0 Å². The molecule has 1 aromatic carbocycles. The number of benzene rings is 1. The van der Waals surface area contributed by atoms with Gasteiger partial charge in [0.05, 0.1) is 17.7 Å². The summed E-state index contributed by atoms with van der Waals surface area (Å²) in [5.41, 5.74) is -0.209. The maximum atomic E-state index is 13.5.